The Bertz CT molecular complexity index is 281. The van der Waals surface area contributed by atoms with E-state index in [0.717, 1.165) is 0 Å². The van der Waals surface area contributed by atoms with Crippen molar-refractivity contribution >= 4 is 5.97 Å². The number of aromatic nitrogens is 1. The van der Waals surface area contributed by atoms with Gasteiger partial charge in [0.1, 0.15) is 6.26 Å². The van der Waals surface area contributed by atoms with Gasteiger partial charge < -0.3 is 13.9 Å². The second-order valence-corrected chi connectivity index (χ2v) is 2.36. The summed E-state index contributed by atoms with van der Waals surface area (Å²) in [6, 6.07) is 0. The smallest absolute Gasteiger partial charge is 0.360 e. The molecule has 1 heterocycles. The molecule has 13 heavy (non-hydrogen) atoms. The first-order valence-electron chi connectivity index (χ1n) is 3.79. The highest BCUT2D eigenvalue weighted by Crippen LogP contribution is 2.03. The van der Waals surface area contributed by atoms with Crippen LogP contribution in [0.4, 0.5) is 0 Å². The summed E-state index contributed by atoms with van der Waals surface area (Å²) in [6.45, 7) is 0.515. The van der Waals surface area contributed by atoms with Crippen molar-refractivity contribution < 1.29 is 18.7 Å². The lowest BCUT2D eigenvalue weighted by Crippen LogP contribution is -2.02. The first-order chi connectivity index (χ1) is 6.27. The van der Waals surface area contributed by atoms with Gasteiger partial charge in [-0.1, -0.05) is 0 Å². The van der Waals surface area contributed by atoms with Crippen LogP contribution in [0.1, 0.15) is 16.4 Å². The molecule has 0 radical (unpaired) electrons. The van der Waals surface area contributed by atoms with E-state index < -0.39 is 5.97 Å². The quantitative estimate of drug-likeness (QED) is 0.644. The number of carbonyl (C=O) groups excluding carboxylic acids is 1. The molecule has 0 saturated carbocycles. The molecule has 0 saturated heterocycles. The Labute approximate surface area is 75.7 Å². The molecule has 0 bridgehead atoms. The fourth-order valence-electron chi connectivity index (χ4n) is 0.813. The minimum Gasteiger partial charge on any atom is -0.464 e. The SMILES string of the molecule is COCCc1nc(C(=O)OC)co1. The largest absolute Gasteiger partial charge is 0.464 e. The van der Waals surface area contributed by atoms with Crippen LogP contribution in [0.5, 0.6) is 0 Å². The third-order valence-corrected chi connectivity index (χ3v) is 1.47. The van der Waals surface area contributed by atoms with E-state index >= 15 is 0 Å². The van der Waals surface area contributed by atoms with E-state index in [4.69, 9.17) is 9.15 Å². The Kier molecular flexibility index (Phi) is 3.45. The molecule has 1 aromatic heterocycles. The molecule has 0 aliphatic heterocycles. The van der Waals surface area contributed by atoms with E-state index in [1.54, 1.807) is 7.11 Å². The molecule has 0 atom stereocenters. The maximum Gasteiger partial charge on any atom is 0.360 e. The zero-order valence-electron chi connectivity index (χ0n) is 7.57. The van der Waals surface area contributed by atoms with E-state index in [1.165, 1.54) is 13.4 Å². The molecule has 0 aliphatic carbocycles. The summed E-state index contributed by atoms with van der Waals surface area (Å²) in [6.07, 6.45) is 1.82. The monoisotopic (exact) mass is 185 g/mol. The number of oxazole rings is 1. The summed E-state index contributed by atoms with van der Waals surface area (Å²) in [5.41, 5.74) is 0.189. The summed E-state index contributed by atoms with van der Waals surface area (Å²) < 4.78 is 14.3. The van der Waals surface area contributed by atoms with Crippen molar-refractivity contribution in [1.82, 2.24) is 4.98 Å². The van der Waals surface area contributed by atoms with Gasteiger partial charge in [-0.25, -0.2) is 9.78 Å². The normalized spacial score (nSPS) is 10.0. The predicted molar refractivity (Wildman–Crippen MR) is 43.4 cm³/mol. The fourth-order valence-corrected chi connectivity index (χ4v) is 0.813. The van der Waals surface area contributed by atoms with Gasteiger partial charge in [-0.3, -0.25) is 0 Å². The molecule has 0 fully saturated rings. The van der Waals surface area contributed by atoms with Gasteiger partial charge in [0.25, 0.3) is 0 Å². The third-order valence-electron chi connectivity index (χ3n) is 1.47. The summed E-state index contributed by atoms with van der Waals surface area (Å²) in [5, 5.41) is 0. The summed E-state index contributed by atoms with van der Waals surface area (Å²) in [4.78, 5) is 14.8. The molecular weight excluding hydrogens is 174 g/mol. The molecule has 0 aromatic carbocycles. The number of ether oxygens (including phenoxy) is 2. The van der Waals surface area contributed by atoms with Crippen molar-refractivity contribution in [2.24, 2.45) is 0 Å². The van der Waals surface area contributed by atoms with Gasteiger partial charge in [0.15, 0.2) is 11.6 Å². The molecule has 0 aliphatic rings. The minimum atomic E-state index is -0.493. The number of hydrogen-bond donors (Lipinski definition) is 0. The minimum absolute atomic E-state index is 0.189. The molecule has 72 valence electrons. The van der Waals surface area contributed by atoms with Crippen molar-refractivity contribution in [2.75, 3.05) is 20.8 Å². The highest BCUT2D eigenvalue weighted by molar-refractivity contribution is 5.86. The van der Waals surface area contributed by atoms with Crippen LogP contribution in [-0.2, 0) is 15.9 Å². The maximum atomic E-state index is 10.9. The summed E-state index contributed by atoms with van der Waals surface area (Å²) in [7, 11) is 2.88. The van der Waals surface area contributed by atoms with E-state index in [-0.39, 0.29) is 5.69 Å². The molecule has 5 heteroatoms. The zero-order chi connectivity index (χ0) is 9.68. The van der Waals surface area contributed by atoms with Gasteiger partial charge in [0.2, 0.25) is 0 Å². The Balaban J connectivity index is 2.58. The number of rotatable bonds is 4. The lowest BCUT2D eigenvalue weighted by Gasteiger charge is -1.92. The van der Waals surface area contributed by atoms with Crippen LogP contribution in [0.25, 0.3) is 0 Å². The second kappa shape index (κ2) is 4.61. The van der Waals surface area contributed by atoms with Crippen LogP contribution in [0, 0.1) is 0 Å². The Morgan fingerprint density at radius 1 is 1.62 bits per heavy atom. The fraction of sp³-hybridized carbons (Fsp3) is 0.500. The lowest BCUT2D eigenvalue weighted by atomic mass is 10.4. The molecule has 0 amide bonds. The molecule has 0 N–H and O–H groups in total. The third kappa shape index (κ3) is 2.55. The predicted octanol–water partition coefficient (Wildman–Crippen LogP) is 0.650. The molecule has 0 unspecified atom stereocenters. The topological polar surface area (TPSA) is 61.6 Å². The van der Waals surface area contributed by atoms with Crippen LogP contribution in [-0.4, -0.2) is 31.8 Å². The molecule has 1 rings (SSSR count). The first-order valence-corrected chi connectivity index (χ1v) is 3.79. The van der Waals surface area contributed by atoms with Gasteiger partial charge in [-0.05, 0) is 0 Å². The van der Waals surface area contributed by atoms with Crippen LogP contribution in [0.2, 0.25) is 0 Å². The van der Waals surface area contributed by atoms with Gasteiger partial charge in [-0.2, -0.15) is 0 Å². The highest BCUT2D eigenvalue weighted by Gasteiger charge is 2.11. The Hall–Kier alpha value is -1.36. The Morgan fingerprint density at radius 2 is 2.38 bits per heavy atom. The van der Waals surface area contributed by atoms with Crippen molar-refractivity contribution in [2.45, 2.75) is 6.42 Å². The number of carbonyl (C=O) groups is 1. The van der Waals surface area contributed by atoms with Crippen molar-refractivity contribution in [3.8, 4) is 0 Å². The van der Waals surface area contributed by atoms with Crippen molar-refractivity contribution in [3.05, 3.63) is 17.8 Å². The summed E-state index contributed by atoms with van der Waals surface area (Å²) >= 11 is 0. The molecule has 1 aromatic rings. The van der Waals surface area contributed by atoms with Gasteiger partial charge in [-0.15, -0.1) is 0 Å². The molecular formula is C8H11NO4. The van der Waals surface area contributed by atoms with Gasteiger partial charge >= 0.3 is 5.97 Å². The number of methoxy groups -OCH3 is 2. The van der Waals surface area contributed by atoms with Crippen molar-refractivity contribution in [3.63, 3.8) is 0 Å². The highest BCUT2D eigenvalue weighted by atomic mass is 16.5. The number of esters is 1. The summed E-state index contributed by atoms with van der Waals surface area (Å²) in [5.74, 6) is -0.0188. The van der Waals surface area contributed by atoms with E-state index in [9.17, 15) is 4.79 Å². The number of nitrogens with zero attached hydrogens (tertiary/aromatic N) is 1. The second-order valence-electron chi connectivity index (χ2n) is 2.36. The van der Waals surface area contributed by atoms with Crippen LogP contribution in [0.3, 0.4) is 0 Å². The molecule has 5 nitrogen and oxygen atoms in total. The maximum absolute atomic E-state index is 10.9. The van der Waals surface area contributed by atoms with E-state index in [1.807, 2.05) is 0 Å². The first kappa shape index (κ1) is 9.73. The van der Waals surface area contributed by atoms with Crippen LogP contribution < -0.4 is 0 Å². The van der Waals surface area contributed by atoms with Crippen LogP contribution in [0.15, 0.2) is 10.7 Å². The van der Waals surface area contributed by atoms with Crippen molar-refractivity contribution in [1.29, 1.82) is 0 Å². The molecule has 0 spiro atoms. The van der Waals surface area contributed by atoms with Gasteiger partial charge in [0, 0.05) is 13.5 Å². The zero-order valence-corrected chi connectivity index (χ0v) is 7.57. The number of hydrogen-bond acceptors (Lipinski definition) is 5. The standard InChI is InChI=1S/C8H11NO4/c1-11-4-3-7-9-6(5-13-7)8(10)12-2/h5H,3-4H2,1-2H3. The van der Waals surface area contributed by atoms with Crippen LogP contribution >= 0.6 is 0 Å². The Morgan fingerprint density at radius 3 is 3.00 bits per heavy atom. The van der Waals surface area contributed by atoms with E-state index in [0.29, 0.717) is 18.9 Å². The average Bonchev–Trinajstić information content (AvgIpc) is 2.62. The van der Waals surface area contributed by atoms with E-state index in [2.05, 4.69) is 9.72 Å². The lowest BCUT2D eigenvalue weighted by molar-refractivity contribution is 0.0594. The average molecular weight is 185 g/mol. The van der Waals surface area contributed by atoms with Gasteiger partial charge in [0.05, 0.1) is 13.7 Å².